The molecular formula is C9H9N3O5S2. The maximum Gasteiger partial charge on any atom is 0.356 e. The summed E-state index contributed by atoms with van der Waals surface area (Å²) in [6.45, 7) is 1.52. The first-order valence-corrected chi connectivity index (χ1v) is 7.34. The Morgan fingerprint density at radius 1 is 1.53 bits per heavy atom. The number of aryl methyl sites for hydroxylation is 1. The number of oxazole rings is 1. The normalized spacial score (nSPS) is 11.6. The van der Waals surface area contributed by atoms with Gasteiger partial charge in [-0.15, -0.1) is 11.3 Å². The molecule has 2 rings (SSSR count). The highest BCUT2D eigenvalue weighted by atomic mass is 32.2. The van der Waals surface area contributed by atoms with Crippen LogP contribution in [-0.2, 0) is 16.6 Å². The van der Waals surface area contributed by atoms with E-state index in [2.05, 4.69) is 14.7 Å². The Kier molecular flexibility index (Phi) is 3.64. The van der Waals surface area contributed by atoms with E-state index >= 15 is 0 Å². The van der Waals surface area contributed by atoms with E-state index < -0.39 is 21.7 Å². The van der Waals surface area contributed by atoms with Crippen LogP contribution in [0.15, 0.2) is 20.3 Å². The third-order valence-electron chi connectivity index (χ3n) is 2.06. The third kappa shape index (κ3) is 2.97. The second-order valence-electron chi connectivity index (χ2n) is 3.48. The molecule has 102 valence electrons. The SMILES string of the molecule is Cc1cnc(CNS(=O)(=O)c2scnc2C(=O)O)o1. The number of aromatic carboxylic acids is 1. The number of carboxylic acid groups (broad SMARTS) is 1. The molecule has 2 aromatic heterocycles. The number of aromatic nitrogens is 2. The molecule has 2 heterocycles. The van der Waals surface area contributed by atoms with Gasteiger partial charge >= 0.3 is 5.97 Å². The number of hydrogen-bond acceptors (Lipinski definition) is 7. The third-order valence-corrected chi connectivity index (χ3v) is 4.84. The molecule has 2 aromatic rings. The van der Waals surface area contributed by atoms with Gasteiger partial charge in [-0.1, -0.05) is 0 Å². The summed E-state index contributed by atoms with van der Waals surface area (Å²) >= 11 is 0.732. The molecule has 0 atom stereocenters. The van der Waals surface area contributed by atoms with Crippen molar-refractivity contribution in [2.24, 2.45) is 0 Å². The van der Waals surface area contributed by atoms with Gasteiger partial charge in [-0.25, -0.2) is 27.9 Å². The van der Waals surface area contributed by atoms with Gasteiger partial charge in [0.1, 0.15) is 5.76 Å². The molecule has 0 aliphatic rings. The Morgan fingerprint density at radius 2 is 2.26 bits per heavy atom. The molecule has 0 radical (unpaired) electrons. The first-order chi connectivity index (χ1) is 8.90. The van der Waals surface area contributed by atoms with Gasteiger partial charge in [0, 0.05) is 0 Å². The van der Waals surface area contributed by atoms with E-state index in [1.54, 1.807) is 6.92 Å². The maximum atomic E-state index is 11.9. The molecule has 0 spiro atoms. The minimum atomic E-state index is -3.96. The molecule has 0 aliphatic heterocycles. The highest BCUT2D eigenvalue weighted by molar-refractivity contribution is 7.91. The van der Waals surface area contributed by atoms with Crippen LogP contribution in [-0.4, -0.2) is 29.5 Å². The van der Waals surface area contributed by atoms with Crippen LogP contribution in [0, 0.1) is 6.92 Å². The Hall–Kier alpha value is -1.78. The van der Waals surface area contributed by atoms with Crippen LogP contribution in [0.4, 0.5) is 0 Å². The second-order valence-corrected chi connectivity index (χ2v) is 6.30. The molecule has 0 saturated carbocycles. The zero-order valence-corrected chi connectivity index (χ0v) is 11.3. The molecular weight excluding hydrogens is 294 g/mol. The molecule has 19 heavy (non-hydrogen) atoms. The van der Waals surface area contributed by atoms with Crippen LogP contribution in [0.5, 0.6) is 0 Å². The fraction of sp³-hybridized carbons (Fsp3) is 0.222. The molecule has 2 N–H and O–H groups in total. The van der Waals surface area contributed by atoms with Crippen molar-refractivity contribution in [1.29, 1.82) is 0 Å². The number of hydrogen-bond donors (Lipinski definition) is 2. The molecule has 0 fully saturated rings. The summed E-state index contributed by atoms with van der Waals surface area (Å²) in [5.41, 5.74) is 0.661. The van der Waals surface area contributed by atoms with E-state index in [-0.39, 0.29) is 16.6 Å². The molecule has 10 heteroatoms. The van der Waals surface area contributed by atoms with Crippen molar-refractivity contribution in [3.05, 3.63) is 29.1 Å². The van der Waals surface area contributed by atoms with E-state index in [4.69, 9.17) is 9.52 Å². The number of rotatable bonds is 5. The zero-order chi connectivity index (χ0) is 14.0. The summed E-state index contributed by atoms with van der Waals surface area (Å²) in [7, 11) is -3.96. The van der Waals surface area contributed by atoms with Crippen molar-refractivity contribution in [3.63, 3.8) is 0 Å². The number of thiazole rings is 1. The van der Waals surface area contributed by atoms with Gasteiger partial charge in [-0.05, 0) is 6.92 Å². The summed E-state index contributed by atoms with van der Waals surface area (Å²) in [4.78, 5) is 18.2. The molecule has 0 bridgehead atoms. The van der Waals surface area contributed by atoms with Crippen molar-refractivity contribution < 1.29 is 22.7 Å². The minimum Gasteiger partial charge on any atom is -0.476 e. The van der Waals surface area contributed by atoms with Crippen LogP contribution >= 0.6 is 11.3 Å². The monoisotopic (exact) mass is 303 g/mol. The lowest BCUT2D eigenvalue weighted by molar-refractivity contribution is 0.0687. The maximum absolute atomic E-state index is 11.9. The number of sulfonamides is 1. The standard InChI is InChI=1S/C9H9N3O5S2/c1-5-2-10-6(17-5)3-12-19(15,16)9-7(8(13)14)11-4-18-9/h2,4,12H,3H2,1H3,(H,13,14). The highest BCUT2D eigenvalue weighted by Crippen LogP contribution is 2.20. The van der Waals surface area contributed by atoms with Crippen LogP contribution in [0.3, 0.4) is 0 Å². The Labute approximate surface area is 112 Å². The van der Waals surface area contributed by atoms with Crippen molar-refractivity contribution in [1.82, 2.24) is 14.7 Å². The lowest BCUT2D eigenvalue weighted by Crippen LogP contribution is -2.24. The van der Waals surface area contributed by atoms with Gasteiger partial charge in [0.15, 0.2) is 9.90 Å². The minimum absolute atomic E-state index is 0.160. The van der Waals surface area contributed by atoms with E-state index in [1.165, 1.54) is 6.20 Å². The van der Waals surface area contributed by atoms with E-state index in [9.17, 15) is 13.2 Å². The van der Waals surface area contributed by atoms with E-state index in [0.29, 0.717) is 5.76 Å². The summed E-state index contributed by atoms with van der Waals surface area (Å²) in [6.07, 6.45) is 1.46. The van der Waals surface area contributed by atoms with Crippen LogP contribution < -0.4 is 4.72 Å². The quantitative estimate of drug-likeness (QED) is 0.829. The van der Waals surface area contributed by atoms with Gasteiger partial charge in [0.05, 0.1) is 18.3 Å². The van der Waals surface area contributed by atoms with E-state index in [0.717, 1.165) is 16.8 Å². The smallest absolute Gasteiger partial charge is 0.356 e. The van der Waals surface area contributed by atoms with Crippen molar-refractivity contribution in [2.75, 3.05) is 0 Å². The van der Waals surface area contributed by atoms with Gasteiger partial charge in [0.25, 0.3) is 10.0 Å². The molecule has 0 aliphatic carbocycles. The summed E-state index contributed by atoms with van der Waals surface area (Å²) in [6, 6.07) is 0. The number of carboxylic acids is 1. The Bertz CT molecular complexity index is 703. The van der Waals surface area contributed by atoms with Gasteiger partial charge in [-0.2, -0.15) is 0 Å². The molecule has 0 aromatic carbocycles. The summed E-state index contributed by atoms with van der Waals surface area (Å²) in [5.74, 6) is -0.644. The Morgan fingerprint density at radius 3 is 2.84 bits per heavy atom. The average Bonchev–Trinajstić information content (AvgIpc) is 2.94. The zero-order valence-electron chi connectivity index (χ0n) is 9.65. The molecule has 0 saturated heterocycles. The summed E-state index contributed by atoms with van der Waals surface area (Å²) < 4.78 is 30.8. The molecule has 0 amide bonds. The van der Waals surface area contributed by atoms with Crippen LogP contribution in [0.2, 0.25) is 0 Å². The fourth-order valence-electron chi connectivity index (χ4n) is 1.27. The molecule has 0 unspecified atom stereocenters. The number of carbonyl (C=O) groups is 1. The topological polar surface area (TPSA) is 122 Å². The predicted molar refractivity (Wildman–Crippen MR) is 64.3 cm³/mol. The second kappa shape index (κ2) is 5.07. The first kappa shape index (κ1) is 13.6. The number of nitrogens with one attached hydrogen (secondary N) is 1. The van der Waals surface area contributed by atoms with Gasteiger partial charge in [-0.3, -0.25) is 0 Å². The van der Waals surface area contributed by atoms with Crippen molar-refractivity contribution >= 4 is 27.3 Å². The lowest BCUT2D eigenvalue weighted by Gasteiger charge is -2.02. The lowest BCUT2D eigenvalue weighted by atomic mass is 10.5. The average molecular weight is 303 g/mol. The fourth-order valence-corrected chi connectivity index (χ4v) is 3.43. The highest BCUT2D eigenvalue weighted by Gasteiger charge is 2.25. The Balaban J connectivity index is 2.18. The van der Waals surface area contributed by atoms with Gasteiger partial charge in [0.2, 0.25) is 5.89 Å². The van der Waals surface area contributed by atoms with E-state index in [1.807, 2.05) is 0 Å². The largest absolute Gasteiger partial charge is 0.476 e. The van der Waals surface area contributed by atoms with Crippen molar-refractivity contribution in [3.8, 4) is 0 Å². The van der Waals surface area contributed by atoms with Crippen molar-refractivity contribution in [2.45, 2.75) is 17.7 Å². The number of nitrogens with zero attached hydrogens (tertiary/aromatic N) is 2. The van der Waals surface area contributed by atoms with Crippen LogP contribution in [0.25, 0.3) is 0 Å². The molecule has 8 nitrogen and oxygen atoms in total. The van der Waals surface area contributed by atoms with Gasteiger partial charge < -0.3 is 9.52 Å². The predicted octanol–water partition coefficient (Wildman–Crippen LogP) is 0.616. The van der Waals surface area contributed by atoms with Crippen LogP contribution in [0.1, 0.15) is 22.1 Å². The summed E-state index contributed by atoms with van der Waals surface area (Å²) in [5, 5.41) is 8.83. The first-order valence-electron chi connectivity index (χ1n) is 4.98.